The van der Waals surface area contributed by atoms with Gasteiger partial charge in [-0.05, 0) is 30.0 Å². The third kappa shape index (κ3) is 3.07. The number of nitrogens with zero attached hydrogens (tertiary/aromatic N) is 3. The molecule has 1 aliphatic heterocycles. The summed E-state index contributed by atoms with van der Waals surface area (Å²) in [5, 5.41) is 9.81. The fourth-order valence-corrected chi connectivity index (χ4v) is 5.33. The normalized spacial score (nSPS) is 20.0. The molecule has 0 amide bonds. The number of ketones is 1. The number of Topliss-reactive ketones (excluding diaryl/α,β-unsaturated/α-hetero) is 1. The largest absolute Gasteiger partial charge is 0.493 e. The summed E-state index contributed by atoms with van der Waals surface area (Å²) in [6, 6.07) is 7.35. The van der Waals surface area contributed by atoms with Gasteiger partial charge in [0.25, 0.3) is 0 Å². The molecule has 0 unspecified atom stereocenters. The van der Waals surface area contributed by atoms with Crippen LogP contribution in [0.15, 0.2) is 47.2 Å². The van der Waals surface area contributed by atoms with E-state index in [2.05, 4.69) is 21.5 Å². The molecule has 0 radical (unpaired) electrons. The van der Waals surface area contributed by atoms with Crippen LogP contribution in [0.25, 0.3) is 0 Å². The second-order valence-electron chi connectivity index (χ2n) is 7.42. The van der Waals surface area contributed by atoms with Crippen molar-refractivity contribution in [3.8, 4) is 17.2 Å². The zero-order valence-electron chi connectivity index (χ0n) is 17.4. The first-order valence-electron chi connectivity index (χ1n) is 9.91. The van der Waals surface area contributed by atoms with Gasteiger partial charge >= 0.3 is 0 Å². The average molecular weight is 439 g/mol. The third-order valence-corrected chi connectivity index (χ3v) is 6.87. The van der Waals surface area contributed by atoms with Gasteiger partial charge in [-0.25, -0.2) is 4.68 Å². The molecule has 1 aliphatic carbocycles. The van der Waals surface area contributed by atoms with E-state index in [0.29, 0.717) is 35.2 Å². The predicted octanol–water partition coefficient (Wildman–Crippen LogP) is 3.78. The van der Waals surface area contributed by atoms with Gasteiger partial charge in [-0.2, -0.15) is 10.1 Å². The van der Waals surface area contributed by atoms with Gasteiger partial charge in [-0.3, -0.25) is 4.79 Å². The van der Waals surface area contributed by atoms with Crippen LogP contribution in [0.1, 0.15) is 35.2 Å². The number of allylic oxidation sites excluding steroid dienone is 2. The minimum atomic E-state index is -0.472. The molecule has 1 N–H and O–H groups in total. The number of carbonyl (C=O) groups is 1. The first-order chi connectivity index (χ1) is 15.2. The average Bonchev–Trinajstić information content (AvgIpc) is 3.48. The zero-order chi connectivity index (χ0) is 21.5. The van der Waals surface area contributed by atoms with Crippen molar-refractivity contribution in [1.82, 2.24) is 14.8 Å². The molecular weight excluding hydrogens is 416 g/mol. The standard InChI is InChI=1S/C22H22N4O4S/c1-28-16-7-6-13(20(29-2)21(16)30-3)19-18-14(25-22-23-11-24-26(19)22)9-12(10-15(18)27)17-5-4-8-31-17/h4-8,11-12,19H,9-10H2,1-3H3,(H,23,24,25)/t12-,19-/m1/s1. The van der Waals surface area contributed by atoms with Gasteiger partial charge in [0.1, 0.15) is 12.4 Å². The molecule has 2 aliphatic rings. The van der Waals surface area contributed by atoms with Crippen LogP contribution in [0.3, 0.4) is 0 Å². The molecular formula is C22H22N4O4S. The van der Waals surface area contributed by atoms with E-state index in [1.54, 1.807) is 37.3 Å². The van der Waals surface area contributed by atoms with Crippen molar-refractivity contribution in [3.05, 3.63) is 57.7 Å². The minimum Gasteiger partial charge on any atom is -0.493 e. The number of anilines is 1. The van der Waals surface area contributed by atoms with E-state index in [4.69, 9.17) is 14.2 Å². The molecule has 160 valence electrons. The van der Waals surface area contributed by atoms with Crippen molar-refractivity contribution < 1.29 is 19.0 Å². The van der Waals surface area contributed by atoms with Gasteiger partial charge in [0.05, 0.1) is 21.3 Å². The van der Waals surface area contributed by atoms with Gasteiger partial charge in [-0.15, -0.1) is 11.3 Å². The number of ether oxygens (including phenoxy) is 3. The molecule has 0 fully saturated rings. The second kappa shape index (κ2) is 7.73. The highest BCUT2D eigenvalue weighted by atomic mass is 32.1. The van der Waals surface area contributed by atoms with E-state index in [-0.39, 0.29) is 11.7 Å². The Kier molecular flexibility index (Phi) is 4.90. The number of hydrogen-bond donors (Lipinski definition) is 1. The summed E-state index contributed by atoms with van der Waals surface area (Å²) < 4.78 is 18.5. The Labute approximate surface area is 183 Å². The fourth-order valence-electron chi connectivity index (χ4n) is 4.50. The van der Waals surface area contributed by atoms with E-state index in [1.165, 1.54) is 11.2 Å². The molecule has 9 heteroatoms. The highest BCUT2D eigenvalue weighted by Gasteiger charge is 2.41. The Bertz CT molecular complexity index is 1170. The van der Waals surface area contributed by atoms with Crippen LogP contribution < -0.4 is 19.5 Å². The lowest BCUT2D eigenvalue weighted by atomic mass is 9.79. The van der Waals surface area contributed by atoms with Crippen molar-refractivity contribution in [2.45, 2.75) is 24.8 Å². The van der Waals surface area contributed by atoms with E-state index in [0.717, 1.165) is 17.7 Å². The first-order valence-corrected chi connectivity index (χ1v) is 10.8. The lowest BCUT2D eigenvalue weighted by Crippen LogP contribution is -2.33. The summed E-state index contributed by atoms with van der Waals surface area (Å²) in [5.74, 6) is 2.38. The Morgan fingerprint density at radius 2 is 1.94 bits per heavy atom. The molecule has 1 aromatic carbocycles. The number of nitrogens with one attached hydrogen (secondary N) is 1. The van der Waals surface area contributed by atoms with Gasteiger partial charge in [0.2, 0.25) is 11.7 Å². The van der Waals surface area contributed by atoms with Crippen molar-refractivity contribution in [3.63, 3.8) is 0 Å². The number of thiophene rings is 1. The monoisotopic (exact) mass is 438 g/mol. The lowest BCUT2D eigenvalue weighted by Gasteiger charge is -2.35. The van der Waals surface area contributed by atoms with Crippen LogP contribution in [-0.4, -0.2) is 41.9 Å². The number of carbonyl (C=O) groups excluding carboxylic acids is 1. The molecule has 31 heavy (non-hydrogen) atoms. The molecule has 2 atom stereocenters. The van der Waals surface area contributed by atoms with Gasteiger partial charge in [0.15, 0.2) is 17.3 Å². The van der Waals surface area contributed by atoms with E-state index < -0.39 is 6.04 Å². The van der Waals surface area contributed by atoms with E-state index >= 15 is 0 Å². The van der Waals surface area contributed by atoms with Crippen LogP contribution in [0.2, 0.25) is 0 Å². The molecule has 2 aromatic heterocycles. The summed E-state index contributed by atoms with van der Waals surface area (Å²) in [4.78, 5) is 19.1. The Hall–Kier alpha value is -3.33. The van der Waals surface area contributed by atoms with Crippen molar-refractivity contribution in [1.29, 1.82) is 0 Å². The highest BCUT2D eigenvalue weighted by Crippen LogP contribution is 2.49. The summed E-state index contributed by atoms with van der Waals surface area (Å²) >= 11 is 1.68. The molecule has 0 bridgehead atoms. The second-order valence-corrected chi connectivity index (χ2v) is 8.39. The van der Waals surface area contributed by atoms with Crippen LogP contribution >= 0.6 is 11.3 Å². The van der Waals surface area contributed by atoms with E-state index in [9.17, 15) is 4.79 Å². The van der Waals surface area contributed by atoms with Gasteiger partial charge in [0, 0.05) is 34.0 Å². The highest BCUT2D eigenvalue weighted by molar-refractivity contribution is 7.10. The lowest BCUT2D eigenvalue weighted by molar-refractivity contribution is -0.116. The number of methoxy groups -OCH3 is 3. The molecule has 8 nitrogen and oxygen atoms in total. The zero-order valence-corrected chi connectivity index (χ0v) is 18.2. The minimum absolute atomic E-state index is 0.0927. The molecule has 5 rings (SSSR count). The van der Waals surface area contributed by atoms with Crippen LogP contribution in [0, 0.1) is 0 Å². The fraction of sp³-hybridized carbons (Fsp3) is 0.318. The number of rotatable bonds is 5. The summed E-state index contributed by atoms with van der Waals surface area (Å²) in [6.07, 6.45) is 2.68. The number of hydrogen-bond acceptors (Lipinski definition) is 8. The van der Waals surface area contributed by atoms with E-state index in [1.807, 2.05) is 23.6 Å². The molecule has 3 heterocycles. The van der Waals surface area contributed by atoms with Crippen molar-refractivity contribution in [2.75, 3.05) is 26.6 Å². The SMILES string of the molecule is COc1ccc([C@@H]2C3=C(C[C@@H](c4cccs4)CC3=O)Nc3ncnn32)c(OC)c1OC. The van der Waals surface area contributed by atoms with Crippen LogP contribution in [0.4, 0.5) is 5.95 Å². The van der Waals surface area contributed by atoms with Crippen molar-refractivity contribution in [2.24, 2.45) is 0 Å². The maximum atomic E-state index is 13.5. The molecule has 0 saturated carbocycles. The Balaban J connectivity index is 1.67. The van der Waals surface area contributed by atoms with Crippen molar-refractivity contribution >= 4 is 23.1 Å². The first kappa shape index (κ1) is 19.6. The number of fused-ring (bicyclic) bond motifs is 1. The summed E-state index contributed by atoms with van der Waals surface area (Å²) in [7, 11) is 4.72. The maximum Gasteiger partial charge on any atom is 0.226 e. The topological polar surface area (TPSA) is 87.5 Å². The predicted molar refractivity (Wildman–Crippen MR) is 116 cm³/mol. The quantitative estimate of drug-likeness (QED) is 0.649. The smallest absolute Gasteiger partial charge is 0.226 e. The maximum absolute atomic E-state index is 13.5. The van der Waals surface area contributed by atoms with Crippen LogP contribution in [-0.2, 0) is 4.79 Å². The summed E-state index contributed by atoms with van der Waals surface area (Å²) in [6.45, 7) is 0. The Morgan fingerprint density at radius 1 is 1.10 bits per heavy atom. The number of benzene rings is 1. The summed E-state index contributed by atoms with van der Waals surface area (Å²) in [5.41, 5.74) is 2.34. The Morgan fingerprint density at radius 3 is 2.65 bits per heavy atom. The van der Waals surface area contributed by atoms with Crippen LogP contribution in [0.5, 0.6) is 17.2 Å². The van der Waals surface area contributed by atoms with Gasteiger partial charge < -0.3 is 19.5 Å². The molecule has 0 spiro atoms. The molecule has 3 aromatic rings. The third-order valence-electron chi connectivity index (χ3n) is 5.84. The number of aromatic nitrogens is 3. The molecule has 0 saturated heterocycles. The van der Waals surface area contributed by atoms with Gasteiger partial charge in [-0.1, -0.05) is 6.07 Å².